The van der Waals surface area contributed by atoms with Crippen molar-refractivity contribution in [3.8, 4) is 0 Å². The second kappa shape index (κ2) is 9.48. The molecule has 0 radical (unpaired) electrons. The van der Waals surface area contributed by atoms with E-state index in [1.165, 1.54) is 11.1 Å². The molecular formula is C23H30NO3S+. The molecule has 2 aromatic carbocycles. The summed E-state index contributed by atoms with van der Waals surface area (Å²) in [4.78, 5) is 12.6. The second-order valence-corrected chi connectivity index (χ2v) is 10.0. The van der Waals surface area contributed by atoms with Crippen molar-refractivity contribution in [1.82, 2.24) is 0 Å². The maximum Gasteiger partial charge on any atom is 0.320 e. The maximum absolute atomic E-state index is 12.7. The van der Waals surface area contributed by atoms with E-state index in [1.54, 1.807) is 0 Å². The molecule has 1 fully saturated rings. The van der Waals surface area contributed by atoms with Gasteiger partial charge in [0, 0.05) is 0 Å². The summed E-state index contributed by atoms with van der Waals surface area (Å²) in [5, 5.41) is -0.562. The van der Waals surface area contributed by atoms with Crippen molar-refractivity contribution in [2.75, 3.05) is 6.54 Å². The highest BCUT2D eigenvalue weighted by Crippen LogP contribution is 2.15. The van der Waals surface area contributed by atoms with E-state index < -0.39 is 15.2 Å². The van der Waals surface area contributed by atoms with Gasteiger partial charge in [0.25, 0.3) is 0 Å². The minimum absolute atomic E-state index is 0.0197. The van der Waals surface area contributed by atoms with E-state index in [0.29, 0.717) is 11.4 Å². The van der Waals surface area contributed by atoms with Gasteiger partial charge in [-0.3, -0.25) is 4.90 Å². The van der Waals surface area contributed by atoms with Crippen molar-refractivity contribution in [1.29, 1.82) is 0 Å². The molecule has 2 aromatic rings. The Bertz CT molecular complexity index is 876. The standard InChI is InChI=1S/C23H29NO3S/c1-19-12-14-20(15-13-19)9-5-2-3-8-16-24-22(25)17-23(24)28(26,27)18-21-10-6-4-7-11-21/h4,6-7,10-15,23H,2-3,5,8-9,16-18H2,1H3/p+1. The minimum Gasteiger partial charge on any atom is -0.256 e. The lowest BCUT2D eigenvalue weighted by molar-refractivity contribution is -0.861. The zero-order valence-electron chi connectivity index (χ0n) is 16.6. The summed E-state index contributed by atoms with van der Waals surface area (Å²) < 4.78 is 25.4. The molecule has 1 amide bonds. The summed E-state index contributed by atoms with van der Waals surface area (Å²) >= 11 is 0. The second-order valence-electron chi connectivity index (χ2n) is 7.83. The zero-order valence-corrected chi connectivity index (χ0v) is 17.4. The molecule has 1 aliphatic heterocycles. The average Bonchev–Trinajstić information content (AvgIpc) is 2.67. The Hall–Kier alpha value is -1.98. The number of quaternary nitrogens is 1. The first-order valence-corrected chi connectivity index (χ1v) is 11.9. The van der Waals surface area contributed by atoms with Crippen LogP contribution < -0.4 is 4.90 Å². The molecule has 28 heavy (non-hydrogen) atoms. The number of aryl methyl sites for hydroxylation is 2. The van der Waals surface area contributed by atoms with Crippen LogP contribution in [0.1, 0.15) is 48.8 Å². The van der Waals surface area contributed by atoms with Gasteiger partial charge in [0.15, 0.2) is 0 Å². The van der Waals surface area contributed by atoms with Gasteiger partial charge in [-0.2, -0.15) is 0 Å². The summed E-state index contributed by atoms with van der Waals surface area (Å²) in [5.74, 6) is 0.0625. The first-order valence-electron chi connectivity index (χ1n) is 10.2. The molecule has 1 aliphatic rings. The van der Waals surface area contributed by atoms with Gasteiger partial charge in [-0.1, -0.05) is 66.6 Å². The normalized spacial score (nSPS) is 19.4. The quantitative estimate of drug-likeness (QED) is 0.493. The number of rotatable bonds is 10. The zero-order chi connectivity index (χ0) is 20.0. The predicted molar refractivity (Wildman–Crippen MR) is 112 cm³/mol. The number of benzene rings is 2. The fourth-order valence-corrected chi connectivity index (χ4v) is 5.72. The van der Waals surface area contributed by atoms with Crippen LogP contribution in [0.2, 0.25) is 0 Å². The number of hydrogen-bond acceptors (Lipinski definition) is 3. The van der Waals surface area contributed by atoms with Crippen LogP contribution in [-0.4, -0.2) is 26.2 Å². The van der Waals surface area contributed by atoms with Gasteiger partial charge in [0.1, 0.15) is 6.42 Å². The monoisotopic (exact) mass is 400 g/mol. The third kappa shape index (κ3) is 5.52. The van der Waals surface area contributed by atoms with E-state index in [9.17, 15) is 13.2 Å². The molecule has 5 heteroatoms. The largest absolute Gasteiger partial charge is 0.320 e. The van der Waals surface area contributed by atoms with Crippen molar-refractivity contribution in [2.24, 2.45) is 0 Å². The molecule has 3 rings (SSSR count). The number of carbonyl (C=O) groups excluding carboxylic acids is 1. The summed E-state index contributed by atoms with van der Waals surface area (Å²) in [7, 11) is -3.30. The first-order chi connectivity index (χ1) is 13.5. The van der Waals surface area contributed by atoms with Crippen molar-refractivity contribution < 1.29 is 18.1 Å². The van der Waals surface area contributed by atoms with E-state index in [-0.39, 0.29) is 18.1 Å². The lowest BCUT2D eigenvalue weighted by Gasteiger charge is -2.33. The molecule has 0 aromatic heterocycles. The van der Waals surface area contributed by atoms with Crippen molar-refractivity contribution in [3.05, 3.63) is 71.3 Å². The third-order valence-corrected chi connectivity index (χ3v) is 7.60. The number of likely N-dealkylation sites (tertiary alicyclic amines) is 1. The molecule has 0 spiro atoms. The Labute approximate surface area is 168 Å². The Balaban J connectivity index is 1.39. The molecule has 1 heterocycles. The van der Waals surface area contributed by atoms with Gasteiger partial charge in [-0.15, -0.1) is 0 Å². The molecule has 0 bridgehead atoms. The molecule has 1 N–H and O–H groups in total. The van der Waals surface area contributed by atoms with Crippen LogP contribution >= 0.6 is 0 Å². The van der Waals surface area contributed by atoms with Gasteiger partial charge in [0.05, 0.1) is 12.3 Å². The lowest BCUT2D eigenvalue weighted by Crippen LogP contribution is -3.25. The summed E-state index contributed by atoms with van der Waals surface area (Å²) in [6, 6.07) is 17.9. The van der Waals surface area contributed by atoms with Crippen LogP contribution in [0.25, 0.3) is 0 Å². The number of amides is 1. The van der Waals surface area contributed by atoms with Crippen LogP contribution in [0.15, 0.2) is 54.6 Å². The molecule has 0 aliphatic carbocycles. The number of sulfone groups is 1. The molecule has 1 saturated heterocycles. The number of unbranched alkanes of at least 4 members (excludes halogenated alkanes) is 3. The molecule has 0 saturated carbocycles. The maximum atomic E-state index is 12.7. The Kier molecular flexibility index (Phi) is 7.03. The molecule has 2 atom stereocenters. The van der Waals surface area contributed by atoms with E-state index in [2.05, 4.69) is 31.2 Å². The highest BCUT2D eigenvalue weighted by molar-refractivity contribution is 7.91. The smallest absolute Gasteiger partial charge is 0.256 e. The van der Waals surface area contributed by atoms with Crippen LogP contribution in [0.3, 0.4) is 0 Å². The van der Waals surface area contributed by atoms with E-state index in [4.69, 9.17) is 0 Å². The van der Waals surface area contributed by atoms with Crippen molar-refractivity contribution >= 4 is 15.7 Å². The molecule has 4 nitrogen and oxygen atoms in total. The van der Waals surface area contributed by atoms with E-state index >= 15 is 0 Å². The van der Waals surface area contributed by atoms with Gasteiger partial charge in [-0.25, -0.2) is 13.2 Å². The van der Waals surface area contributed by atoms with Crippen molar-refractivity contribution in [3.63, 3.8) is 0 Å². The van der Waals surface area contributed by atoms with E-state index in [1.807, 2.05) is 30.3 Å². The Morgan fingerprint density at radius 1 is 0.893 bits per heavy atom. The molecule has 2 unspecified atom stereocenters. The van der Waals surface area contributed by atoms with Crippen LogP contribution in [0, 0.1) is 6.92 Å². The summed E-state index contributed by atoms with van der Waals surface area (Å²) in [5.41, 5.74) is 3.43. The number of hydrogen-bond donors (Lipinski definition) is 1. The van der Waals surface area contributed by atoms with Crippen molar-refractivity contribution in [2.45, 2.75) is 56.6 Å². The number of carbonyl (C=O) groups is 1. The fraction of sp³-hybridized carbons (Fsp3) is 0.435. The SMILES string of the molecule is Cc1ccc(CCCCCC[NH+]2C(=O)CC2S(=O)(=O)Cc2ccccc2)cc1. The highest BCUT2D eigenvalue weighted by Gasteiger charge is 2.50. The Morgan fingerprint density at radius 2 is 1.57 bits per heavy atom. The van der Waals surface area contributed by atoms with Crippen LogP contribution in [0.4, 0.5) is 0 Å². The first kappa shape index (κ1) is 20.7. The van der Waals surface area contributed by atoms with Crippen LogP contribution in [-0.2, 0) is 26.8 Å². The van der Waals surface area contributed by atoms with Gasteiger partial charge < -0.3 is 0 Å². The number of β-lactam (4-membered cyclic amide) rings is 1. The topological polar surface area (TPSA) is 55.6 Å². The van der Waals surface area contributed by atoms with E-state index in [0.717, 1.165) is 37.7 Å². The number of nitrogens with one attached hydrogen (secondary N) is 1. The third-order valence-electron chi connectivity index (χ3n) is 5.54. The van der Waals surface area contributed by atoms with Gasteiger partial charge in [0.2, 0.25) is 15.2 Å². The molecule has 150 valence electrons. The van der Waals surface area contributed by atoms with Gasteiger partial charge >= 0.3 is 5.91 Å². The Morgan fingerprint density at radius 3 is 2.25 bits per heavy atom. The summed E-state index contributed by atoms with van der Waals surface area (Å²) in [6.45, 7) is 2.72. The highest BCUT2D eigenvalue weighted by atomic mass is 32.2. The molecular weight excluding hydrogens is 370 g/mol. The predicted octanol–water partition coefficient (Wildman–Crippen LogP) is 2.85. The summed E-state index contributed by atoms with van der Waals surface area (Å²) in [6.07, 6.45) is 5.40. The average molecular weight is 401 g/mol. The minimum atomic E-state index is -3.30. The van der Waals surface area contributed by atoms with Crippen LogP contribution in [0.5, 0.6) is 0 Å². The van der Waals surface area contributed by atoms with Gasteiger partial charge in [-0.05, 0) is 43.7 Å². The lowest BCUT2D eigenvalue weighted by atomic mass is 10.0. The fourth-order valence-electron chi connectivity index (χ4n) is 3.78.